The molecule has 116 valence electrons. The number of amides is 2. The lowest BCUT2D eigenvalue weighted by Crippen LogP contribution is -2.49. The van der Waals surface area contributed by atoms with E-state index < -0.39 is 17.7 Å². The van der Waals surface area contributed by atoms with E-state index in [9.17, 15) is 14.4 Å². The minimum atomic E-state index is -1.07. The molecule has 0 bridgehead atoms. The number of likely N-dealkylation sites (tertiary alicyclic amines) is 1. The lowest BCUT2D eigenvalue weighted by Gasteiger charge is -2.37. The minimum Gasteiger partial charge on any atom is -0.480 e. The first-order valence-electron chi connectivity index (χ1n) is 6.65. The Kier molecular flexibility index (Phi) is 4.29. The van der Waals surface area contributed by atoms with Crippen LogP contribution >= 0.6 is 0 Å². The third-order valence-electron chi connectivity index (χ3n) is 3.77. The van der Waals surface area contributed by atoms with Crippen LogP contribution in [0.1, 0.15) is 19.3 Å². The van der Waals surface area contributed by atoms with E-state index in [1.807, 2.05) is 0 Å². The molecule has 0 aromatic heterocycles. The van der Waals surface area contributed by atoms with Crippen LogP contribution in [0.25, 0.3) is 0 Å². The van der Waals surface area contributed by atoms with E-state index in [0.717, 1.165) is 0 Å². The fraction of sp³-hybridized carbons (Fsp3) is 0.667. The van der Waals surface area contributed by atoms with Crippen LogP contribution in [0.5, 0.6) is 0 Å². The summed E-state index contributed by atoms with van der Waals surface area (Å²) in [4.78, 5) is 37.0. The summed E-state index contributed by atoms with van der Waals surface area (Å²) in [5, 5.41) is 12.0. The van der Waals surface area contributed by atoms with Crippen molar-refractivity contribution >= 4 is 24.2 Å². The van der Waals surface area contributed by atoms with E-state index in [4.69, 9.17) is 15.7 Å². The lowest BCUT2D eigenvalue weighted by molar-refractivity contribution is -0.137. The number of carboxylic acids is 1. The maximum Gasteiger partial charge on any atom is 0.411 e. The highest BCUT2D eigenvalue weighted by Gasteiger charge is 2.47. The number of piperidine rings is 1. The number of ether oxygens (including phenoxy) is 1. The number of hydrazone groups is 1. The van der Waals surface area contributed by atoms with Gasteiger partial charge >= 0.3 is 12.1 Å². The second-order valence-electron chi connectivity index (χ2n) is 5.22. The fourth-order valence-electron chi connectivity index (χ4n) is 2.66. The summed E-state index contributed by atoms with van der Waals surface area (Å²) >= 11 is 0. The van der Waals surface area contributed by atoms with Gasteiger partial charge in [-0.15, -0.1) is 0 Å². The zero-order chi connectivity index (χ0) is 15.5. The van der Waals surface area contributed by atoms with Gasteiger partial charge in [-0.3, -0.25) is 14.5 Å². The molecule has 9 heteroatoms. The van der Waals surface area contributed by atoms with Crippen molar-refractivity contribution in [3.05, 3.63) is 0 Å². The monoisotopic (exact) mass is 298 g/mol. The normalized spacial score (nSPS) is 21.0. The van der Waals surface area contributed by atoms with E-state index in [1.165, 1.54) is 11.1 Å². The highest BCUT2D eigenvalue weighted by molar-refractivity contribution is 5.89. The molecule has 0 aromatic rings. The maximum atomic E-state index is 11.8. The van der Waals surface area contributed by atoms with Crippen LogP contribution in [0, 0.1) is 0 Å². The number of carboxylic acid groups (broad SMARTS) is 1. The number of nitrogens with zero attached hydrogens (tertiary/aromatic N) is 3. The molecular formula is C12H18N4O5. The molecule has 0 atom stereocenters. The molecule has 0 radical (unpaired) electrons. The second-order valence-corrected chi connectivity index (χ2v) is 5.22. The molecule has 0 saturated carbocycles. The summed E-state index contributed by atoms with van der Waals surface area (Å²) in [6.07, 6.45) is 1.89. The maximum absolute atomic E-state index is 11.8. The minimum absolute atomic E-state index is 0.0780. The number of rotatable bonds is 4. The van der Waals surface area contributed by atoms with Crippen molar-refractivity contribution in [3.8, 4) is 0 Å². The number of nitrogens with two attached hydrogens (primary N) is 1. The van der Waals surface area contributed by atoms with Crippen molar-refractivity contribution in [3.63, 3.8) is 0 Å². The highest BCUT2D eigenvalue weighted by atomic mass is 16.6. The molecular weight excluding hydrogens is 280 g/mol. The average molecular weight is 298 g/mol. The van der Waals surface area contributed by atoms with Gasteiger partial charge in [0.15, 0.2) is 0 Å². The lowest BCUT2D eigenvalue weighted by atomic mass is 9.91. The smallest absolute Gasteiger partial charge is 0.411 e. The van der Waals surface area contributed by atoms with Crippen molar-refractivity contribution in [2.24, 2.45) is 10.9 Å². The molecule has 9 nitrogen and oxygen atoms in total. The zero-order valence-electron chi connectivity index (χ0n) is 11.5. The molecule has 2 aliphatic heterocycles. The standard InChI is InChI=1S/C12H18N4O5/c13-14-4-1-9(17)15-5-2-12(3-6-15)8-16(7-10(18)19)11(20)21-12/h4H,1-3,5-8,13H2,(H,18,19)/b14-4+. The molecule has 0 aromatic carbocycles. The fourth-order valence-corrected chi connectivity index (χ4v) is 2.66. The Morgan fingerprint density at radius 2 is 2.10 bits per heavy atom. The van der Waals surface area contributed by atoms with Crippen molar-refractivity contribution in [1.29, 1.82) is 0 Å². The van der Waals surface area contributed by atoms with Crippen LogP contribution in [0.3, 0.4) is 0 Å². The van der Waals surface area contributed by atoms with Crippen LogP contribution in [0.15, 0.2) is 5.10 Å². The Hall–Kier alpha value is -2.32. The van der Waals surface area contributed by atoms with Crippen molar-refractivity contribution < 1.29 is 24.2 Å². The van der Waals surface area contributed by atoms with Crippen molar-refractivity contribution in [1.82, 2.24) is 9.80 Å². The van der Waals surface area contributed by atoms with Crippen LogP contribution in [0.4, 0.5) is 4.79 Å². The molecule has 1 spiro atoms. The number of carbonyl (C=O) groups is 3. The molecule has 21 heavy (non-hydrogen) atoms. The van der Waals surface area contributed by atoms with E-state index >= 15 is 0 Å². The summed E-state index contributed by atoms with van der Waals surface area (Å²) in [7, 11) is 0. The predicted molar refractivity (Wildman–Crippen MR) is 71.5 cm³/mol. The average Bonchev–Trinajstić information content (AvgIpc) is 2.72. The molecule has 2 saturated heterocycles. The topological polar surface area (TPSA) is 126 Å². The van der Waals surface area contributed by atoms with Gasteiger partial charge in [0.1, 0.15) is 12.1 Å². The van der Waals surface area contributed by atoms with Gasteiger partial charge < -0.3 is 20.6 Å². The zero-order valence-corrected chi connectivity index (χ0v) is 11.5. The highest BCUT2D eigenvalue weighted by Crippen LogP contribution is 2.33. The van der Waals surface area contributed by atoms with E-state index in [0.29, 0.717) is 25.9 Å². The molecule has 2 fully saturated rings. The first kappa shape index (κ1) is 15.1. The van der Waals surface area contributed by atoms with Gasteiger partial charge in [-0.25, -0.2) is 4.79 Å². The Bertz CT molecular complexity index is 470. The second kappa shape index (κ2) is 5.98. The van der Waals surface area contributed by atoms with Gasteiger partial charge in [0.2, 0.25) is 5.91 Å². The van der Waals surface area contributed by atoms with E-state index in [1.54, 1.807) is 4.90 Å². The van der Waals surface area contributed by atoms with Gasteiger partial charge in [0.05, 0.1) is 13.0 Å². The summed E-state index contributed by atoms with van der Waals surface area (Å²) in [6, 6.07) is 0. The molecule has 0 unspecified atom stereocenters. The SMILES string of the molecule is N/N=C/CC(=O)N1CCC2(CC1)CN(CC(=O)O)C(=O)O2. The molecule has 3 N–H and O–H groups in total. The number of hydrogen-bond acceptors (Lipinski definition) is 6. The first-order chi connectivity index (χ1) is 9.96. The predicted octanol–water partition coefficient (Wildman–Crippen LogP) is -0.781. The molecule has 2 heterocycles. The van der Waals surface area contributed by atoms with Crippen molar-refractivity contribution in [2.75, 3.05) is 26.2 Å². The van der Waals surface area contributed by atoms with Crippen LogP contribution in [0.2, 0.25) is 0 Å². The summed E-state index contributed by atoms with van der Waals surface area (Å²) in [5.74, 6) is 3.81. The number of hydrogen-bond donors (Lipinski definition) is 2. The van der Waals surface area contributed by atoms with Crippen molar-refractivity contribution in [2.45, 2.75) is 24.9 Å². The summed E-state index contributed by atoms with van der Waals surface area (Å²) < 4.78 is 5.35. The van der Waals surface area contributed by atoms with Gasteiger partial charge in [0, 0.05) is 32.1 Å². The van der Waals surface area contributed by atoms with Crippen LogP contribution in [-0.4, -0.2) is 70.9 Å². The number of aliphatic carboxylic acids is 1. The number of carbonyl (C=O) groups excluding carboxylic acids is 2. The Labute approximate surface area is 121 Å². The molecule has 2 rings (SSSR count). The van der Waals surface area contributed by atoms with Crippen LogP contribution < -0.4 is 5.84 Å². The summed E-state index contributed by atoms with van der Waals surface area (Å²) in [5.41, 5.74) is -0.675. The van der Waals surface area contributed by atoms with Gasteiger partial charge in [0.25, 0.3) is 0 Å². The quantitative estimate of drug-likeness (QED) is 0.398. The van der Waals surface area contributed by atoms with E-state index in [-0.39, 0.29) is 25.4 Å². The largest absolute Gasteiger partial charge is 0.480 e. The summed E-state index contributed by atoms with van der Waals surface area (Å²) in [6.45, 7) is 0.817. The molecule has 2 aliphatic rings. The van der Waals surface area contributed by atoms with Gasteiger partial charge in [-0.2, -0.15) is 5.10 Å². The van der Waals surface area contributed by atoms with Gasteiger partial charge in [-0.1, -0.05) is 0 Å². The third kappa shape index (κ3) is 3.41. The Morgan fingerprint density at radius 3 is 2.67 bits per heavy atom. The molecule has 0 aliphatic carbocycles. The first-order valence-corrected chi connectivity index (χ1v) is 6.65. The molecule has 2 amide bonds. The Morgan fingerprint density at radius 1 is 1.43 bits per heavy atom. The third-order valence-corrected chi connectivity index (χ3v) is 3.77. The van der Waals surface area contributed by atoms with Gasteiger partial charge in [-0.05, 0) is 0 Å². The van der Waals surface area contributed by atoms with Crippen LogP contribution in [-0.2, 0) is 14.3 Å². The van der Waals surface area contributed by atoms with E-state index in [2.05, 4.69) is 5.10 Å². The Balaban J connectivity index is 1.90.